The van der Waals surface area contributed by atoms with E-state index in [-0.39, 0.29) is 5.91 Å². The Balaban J connectivity index is 2.19. The summed E-state index contributed by atoms with van der Waals surface area (Å²) in [5.41, 5.74) is 1.67. The van der Waals surface area contributed by atoms with Crippen molar-refractivity contribution in [2.75, 3.05) is 24.5 Å². The first-order valence-corrected chi connectivity index (χ1v) is 9.10. The van der Waals surface area contributed by atoms with Crippen LogP contribution in [0, 0.1) is 0 Å². The van der Waals surface area contributed by atoms with Crippen molar-refractivity contribution in [2.24, 2.45) is 0 Å². The summed E-state index contributed by atoms with van der Waals surface area (Å²) in [4.78, 5) is 25.7. The predicted molar refractivity (Wildman–Crippen MR) is 102 cm³/mol. The highest BCUT2D eigenvalue weighted by Crippen LogP contribution is 2.13. The third-order valence-corrected chi connectivity index (χ3v) is 4.02. The Bertz CT molecular complexity index is 654. The van der Waals surface area contributed by atoms with Crippen LogP contribution in [0.1, 0.15) is 49.7 Å². The lowest BCUT2D eigenvalue weighted by Crippen LogP contribution is -2.33. The van der Waals surface area contributed by atoms with Crippen molar-refractivity contribution in [1.82, 2.24) is 14.9 Å². The van der Waals surface area contributed by atoms with E-state index in [9.17, 15) is 4.79 Å². The van der Waals surface area contributed by atoms with Crippen LogP contribution >= 0.6 is 0 Å². The minimum atomic E-state index is -0.0110. The number of anilines is 1. The second kappa shape index (κ2) is 9.77. The maximum absolute atomic E-state index is 12.8. The summed E-state index contributed by atoms with van der Waals surface area (Å²) in [6.45, 7) is 9.26. The van der Waals surface area contributed by atoms with Gasteiger partial charge in [-0.1, -0.05) is 44.2 Å². The topological polar surface area (TPSA) is 49.3 Å². The number of hydrogen-bond acceptors (Lipinski definition) is 4. The molecule has 0 fully saturated rings. The van der Waals surface area contributed by atoms with Gasteiger partial charge in [-0.15, -0.1) is 0 Å². The van der Waals surface area contributed by atoms with E-state index in [0.717, 1.165) is 39.0 Å². The van der Waals surface area contributed by atoms with Gasteiger partial charge in [0.2, 0.25) is 5.95 Å². The number of aromatic nitrogens is 2. The van der Waals surface area contributed by atoms with Crippen LogP contribution in [0.5, 0.6) is 0 Å². The van der Waals surface area contributed by atoms with Crippen LogP contribution in [-0.4, -0.2) is 40.4 Å². The van der Waals surface area contributed by atoms with E-state index < -0.39 is 0 Å². The van der Waals surface area contributed by atoms with E-state index in [0.29, 0.717) is 11.6 Å². The number of amides is 1. The number of carbonyl (C=O) groups is 1. The van der Waals surface area contributed by atoms with Crippen molar-refractivity contribution in [2.45, 2.75) is 40.2 Å². The molecule has 1 aromatic heterocycles. The maximum atomic E-state index is 12.8. The van der Waals surface area contributed by atoms with Crippen LogP contribution in [0.3, 0.4) is 0 Å². The van der Waals surface area contributed by atoms with Crippen LogP contribution in [0.2, 0.25) is 0 Å². The molecule has 0 unspecified atom stereocenters. The Labute approximate surface area is 150 Å². The second-order valence-corrected chi connectivity index (χ2v) is 6.03. The number of benzene rings is 1. The standard InChI is InChI=1S/C20H28N4O/c1-4-14-24(15-5-2)19(25)18-12-13-21-20(22-18)23(6-3)16-17-10-8-7-9-11-17/h7-13H,4-6,14-16H2,1-3H3. The molecule has 0 spiro atoms. The monoisotopic (exact) mass is 340 g/mol. The Kier molecular flexibility index (Phi) is 7.38. The first kappa shape index (κ1) is 18.9. The second-order valence-electron chi connectivity index (χ2n) is 6.03. The first-order chi connectivity index (χ1) is 12.2. The summed E-state index contributed by atoms with van der Waals surface area (Å²) in [6, 6.07) is 11.9. The van der Waals surface area contributed by atoms with Crippen LogP contribution in [0.4, 0.5) is 5.95 Å². The van der Waals surface area contributed by atoms with Gasteiger partial charge in [0.1, 0.15) is 5.69 Å². The number of rotatable bonds is 9. The third kappa shape index (κ3) is 5.28. The molecule has 0 bridgehead atoms. The molecule has 0 saturated carbocycles. The summed E-state index contributed by atoms with van der Waals surface area (Å²) in [5, 5.41) is 0. The minimum Gasteiger partial charge on any atom is -0.337 e. The first-order valence-electron chi connectivity index (χ1n) is 9.10. The molecule has 0 atom stereocenters. The van der Waals surface area contributed by atoms with Crippen LogP contribution in [0.15, 0.2) is 42.6 Å². The lowest BCUT2D eigenvalue weighted by atomic mass is 10.2. The fourth-order valence-corrected chi connectivity index (χ4v) is 2.76. The van der Waals surface area contributed by atoms with Gasteiger partial charge in [0, 0.05) is 32.4 Å². The quantitative estimate of drug-likeness (QED) is 0.697. The van der Waals surface area contributed by atoms with Gasteiger partial charge in [0.25, 0.3) is 5.91 Å². The smallest absolute Gasteiger partial charge is 0.272 e. The van der Waals surface area contributed by atoms with Crippen molar-refractivity contribution in [3.8, 4) is 0 Å². The number of nitrogens with zero attached hydrogens (tertiary/aromatic N) is 4. The van der Waals surface area contributed by atoms with Gasteiger partial charge >= 0.3 is 0 Å². The molecule has 2 rings (SSSR count). The lowest BCUT2D eigenvalue weighted by Gasteiger charge is -2.23. The fourth-order valence-electron chi connectivity index (χ4n) is 2.76. The molecule has 0 aliphatic rings. The summed E-state index contributed by atoms with van der Waals surface area (Å²) >= 11 is 0. The van der Waals surface area contributed by atoms with E-state index in [1.807, 2.05) is 23.1 Å². The molecule has 25 heavy (non-hydrogen) atoms. The molecule has 5 nitrogen and oxygen atoms in total. The number of hydrogen-bond donors (Lipinski definition) is 0. The SMILES string of the molecule is CCCN(CCC)C(=O)c1ccnc(N(CC)Cc2ccccc2)n1. The molecule has 0 aliphatic carbocycles. The summed E-state index contributed by atoms with van der Waals surface area (Å²) in [5.74, 6) is 0.591. The van der Waals surface area contributed by atoms with Gasteiger partial charge in [-0.05, 0) is 31.4 Å². The molecule has 1 heterocycles. The van der Waals surface area contributed by atoms with Crippen molar-refractivity contribution in [1.29, 1.82) is 0 Å². The Morgan fingerprint density at radius 3 is 2.28 bits per heavy atom. The van der Waals surface area contributed by atoms with Crippen molar-refractivity contribution in [3.05, 3.63) is 53.9 Å². The lowest BCUT2D eigenvalue weighted by molar-refractivity contribution is 0.0749. The van der Waals surface area contributed by atoms with Gasteiger partial charge in [-0.25, -0.2) is 9.97 Å². The molecule has 0 aliphatic heterocycles. The zero-order valence-electron chi connectivity index (χ0n) is 15.5. The zero-order valence-corrected chi connectivity index (χ0v) is 15.5. The van der Waals surface area contributed by atoms with Gasteiger partial charge in [0.15, 0.2) is 0 Å². The average molecular weight is 340 g/mol. The predicted octanol–water partition coefficient (Wildman–Crippen LogP) is 3.77. The van der Waals surface area contributed by atoms with E-state index in [1.54, 1.807) is 12.3 Å². The van der Waals surface area contributed by atoms with Gasteiger partial charge in [0.05, 0.1) is 0 Å². The Morgan fingerprint density at radius 1 is 1.00 bits per heavy atom. The van der Waals surface area contributed by atoms with Crippen LogP contribution in [0.25, 0.3) is 0 Å². The summed E-state index contributed by atoms with van der Waals surface area (Å²) in [6.07, 6.45) is 3.57. The summed E-state index contributed by atoms with van der Waals surface area (Å²) in [7, 11) is 0. The molecule has 134 valence electrons. The van der Waals surface area contributed by atoms with E-state index in [1.165, 1.54) is 5.56 Å². The molecule has 5 heteroatoms. The highest BCUT2D eigenvalue weighted by atomic mass is 16.2. The molecular weight excluding hydrogens is 312 g/mol. The molecule has 0 radical (unpaired) electrons. The zero-order chi connectivity index (χ0) is 18.1. The Hall–Kier alpha value is -2.43. The van der Waals surface area contributed by atoms with E-state index >= 15 is 0 Å². The van der Waals surface area contributed by atoms with E-state index in [4.69, 9.17) is 0 Å². The maximum Gasteiger partial charge on any atom is 0.272 e. The van der Waals surface area contributed by atoms with Gasteiger partial charge in [-0.2, -0.15) is 0 Å². The van der Waals surface area contributed by atoms with Gasteiger partial charge in [-0.3, -0.25) is 4.79 Å². The molecule has 1 aromatic carbocycles. The van der Waals surface area contributed by atoms with Crippen LogP contribution in [-0.2, 0) is 6.54 Å². The van der Waals surface area contributed by atoms with Gasteiger partial charge < -0.3 is 9.80 Å². The summed E-state index contributed by atoms with van der Waals surface area (Å²) < 4.78 is 0. The fraction of sp³-hybridized carbons (Fsp3) is 0.450. The minimum absolute atomic E-state index is 0.0110. The highest BCUT2D eigenvalue weighted by Gasteiger charge is 2.18. The molecule has 0 N–H and O–H groups in total. The van der Waals surface area contributed by atoms with E-state index in [2.05, 4.69) is 47.8 Å². The largest absolute Gasteiger partial charge is 0.337 e. The molecule has 1 amide bonds. The average Bonchev–Trinajstić information content (AvgIpc) is 2.66. The third-order valence-electron chi connectivity index (χ3n) is 4.02. The van der Waals surface area contributed by atoms with Crippen molar-refractivity contribution >= 4 is 11.9 Å². The molecule has 0 saturated heterocycles. The molecular formula is C20H28N4O. The molecule has 2 aromatic rings. The number of carbonyl (C=O) groups excluding carboxylic acids is 1. The van der Waals surface area contributed by atoms with Crippen LogP contribution < -0.4 is 4.90 Å². The highest BCUT2D eigenvalue weighted by molar-refractivity contribution is 5.92. The van der Waals surface area contributed by atoms with Crippen molar-refractivity contribution in [3.63, 3.8) is 0 Å². The Morgan fingerprint density at radius 2 is 1.68 bits per heavy atom. The van der Waals surface area contributed by atoms with Crippen molar-refractivity contribution < 1.29 is 4.79 Å². The normalized spacial score (nSPS) is 10.5.